The van der Waals surface area contributed by atoms with Crippen molar-refractivity contribution in [2.75, 3.05) is 20.6 Å². The third kappa shape index (κ3) is 9.40. The first-order valence-corrected chi connectivity index (χ1v) is 9.82. The van der Waals surface area contributed by atoms with Crippen LogP contribution in [0.25, 0.3) is 5.57 Å². The maximum Gasteiger partial charge on any atom is 2.00 e. The summed E-state index contributed by atoms with van der Waals surface area (Å²) in [6.07, 6.45) is 7.66. The molecule has 0 aliphatic heterocycles. The molecular formula is C26H31FeNO2. The van der Waals surface area contributed by atoms with Crippen molar-refractivity contribution in [2.45, 2.75) is 26.4 Å². The van der Waals surface area contributed by atoms with Crippen molar-refractivity contribution in [1.29, 1.82) is 0 Å². The summed E-state index contributed by atoms with van der Waals surface area (Å²) < 4.78 is 5.34. The van der Waals surface area contributed by atoms with Crippen LogP contribution >= 0.6 is 0 Å². The van der Waals surface area contributed by atoms with Crippen molar-refractivity contribution in [3.8, 4) is 0 Å². The topological polar surface area (TPSA) is 35.5 Å². The smallest absolute Gasteiger partial charge is 0.608 e. The third-order valence-corrected chi connectivity index (χ3v) is 3.97. The Labute approximate surface area is 191 Å². The molecule has 0 saturated carbocycles. The largest absolute Gasteiger partial charge is 2.00 e. The molecule has 160 valence electrons. The SMILES string of the molecule is CN(C)CC1=CC(c2ccccc2)=C/C1=C/C=C(/[O-])OC(C)(C)C.[Fe+2].c1cc[cH-]c1. The van der Waals surface area contributed by atoms with Crippen molar-refractivity contribution in [2.24, 2.45) is 0 Å². The molecule has 0 fully saturated rings. The summed E-state index contributed by atoms with van der Waals surface area (Å²) in [7, 11) is 4.08. The number of hydrogen-bond acceptors (Lipinski definition) is 3. The Morgan fingerprint density at radius 3 is 2.17 bits per heavy atom. The molecule has 0 aromatic heterocycles. The number of rotatable bonds is 5. The molecule has 2 aromatic carbocycles. The van der Waals surface area contributed by atoms with E-state index in [1.165, 1.54) is 17.2 Å². The summed E-state index contributed by atoms with van der Waals surface area (Å²) in [4.78, 5) is 2.12. The van der Waals surface area contributed by atoms with Gasteiger partial charge in [-0.3, -0.25) is 0 Å². The molecule has 2 aromatic rings. The average molecular weight is 445 g/mol. The quantitative estimate of drug-likeness (QED) is 0.373. The summed E-state index contributed by atoms with van der Waals surface area (Å²) in [5.41, 5.74) is 4.10. The van der Waals surface area contributed by atoms with Gasteiger partial charge >= 0.3 is 17.1 Å². The Morgan fingerprint density at radius 2 is 1.67 bits per heavy atom. The van der Waals surface area contributed by atoms with E-state index in [1.807, 2.05) is 89.5 Å². The zero-order valence-electron chi connectivity index (χ0n) is 18.4. The summed E-state index contributed by atoms with van der Waals surface area (Å²) in [5.74, 6) is -0.319. The summed E-state index contributed by atoms with van der Waals surface area (Å²) in [6, 6.07) is 20.3. The minimum atomic E-state index is -0.477. The van der Waals surface area contributed by atoms with Crippen molar-refractivity contribution in [1.82, 2.24) is 4.90 Å². The van der Waals surface area contributed by atoms with Gasteiger partial charge in [-0.25, -0.2) is 12.1 Å². The van der Waals surface area contributed by atoms with Crippen molar-refractivity contribution >= 4 is 5.57 Å². The predicted molar refractivity (Wildman–Crippen MR) is 120 cm³/mol. The van der Waals surface area contributed by atoms with Gasteiger partial charge in [-0.2, -0.15) is 18.2 Å². The van der Waals surface area contributed by atoms with Gasteiger partial charge in [0.1, 0.15) is 0 Å². The molecule has 0 atom stereocenters. The van der Waals surface area contributed by atoms with Crippen molar-refractivity contribution in [3.63, 3.8) is 0 Å². The minimum Gasteiger partial charge on any atom is -0.608 e. The second-order valence-electron chi connectivity index (χ2n) is 8.16. The van der Waals surface area contributed by atoms with E-state index in [2.05, 4.69) is 29.2 Å². The maximum absolute atomic E-state index is 11.9. The van der Waals surface area contributed by atoms with Crippen LogP contribution in [-0.2, 0) is 21.8 Å². The number of hydrogen-bond donors (Lipinski definition) is 0. The van der Waals surface area contributed by atoms with E-state index in [0.717, 1.165) is 17.7 Å². The van der Waals surface area contributed by atoms with E-state index >= 15 is 0 Å². The molecule has 1 aliphatic rings. The fourth-order valence-corrected chi connectivity index (χ4v) is 2.82. The van der Waals surface area contributed by atoms with Gasteiger partial charge in [-0.05, 0) is 54.6 Å². The number of allylic oxidation sites excluding steroid dienone is 5. The van der Waals surface area contributed by atoms with Gasteiger partial charge in [0.25, 0.3) is 0 Å². The number of nitrogens with zero attached hydrogens (tertiary/aromatic N) is 1. The van der Waals surface area contributed by atoms with Gasteiger partial charge < -0.3 is 14.7 Å². The molecule has 0 saturated heterocycles. The predicted octanol–water partition coefficient (Wildman–Crippen LogP) is 4.92. The first-order chi connectivity index (χ1) is 13.7. The molecule has 0 amide bonds. The van der Waals surface area contributed by atoms with Crippen LogP contribution in [0.1, 0.15) is 26.3 Å². The molecule has 4 heteroatoms. The molecule has 1 aliphatic carbocycles. The normalized spacial score (nSPS) is 15.1. The molecule has 0 radical (unpaired) electrons. The molecule has 0 spiro atoms. The van der Waals surface area contributed by atoms with Crippen LogP contribution in [0.3, 0.4) is 0 Å². The molecular weight excluding hydrogens is 414 g/mol. The van der Waals surface area contributed by atoms with Crippen LogP contribution in [0.2, 0.25) is 0 Å². The monoisotopic (exact) mass is 445 g/mol. The third-order valence-electron chi connectivity index (χ3n) is 3.97. The Balaban J connectivity index is 0.000000655. The first-order valence-electron chi connectivity index (χ1n) is 9.82. The molecule has 0 bridgehead atoms. The molecule has 3 rings (SSSR count). The molecule has 30 heavy (non-hydrogen) atoms. The Hall–Kier alpha value is -2.39. The molecule has 0 heterocycles. The van der Waals surface area contributed by atoms with Gasteiger partial charge in [-0.1, -0.05) is 57.2 Å². The fourth-order valence-electron chi connectivity index (χ4n) is 2.82. The van der Waals surface area contributed by atoms with E-state index in [0.29, 0.717) is 0 Å². The second-order valence-corrected chi connectivity index (χ2v) is 8.16. The van der Waals surface area contributed by atoms with Gasteiger partial charge in [0.05, 0.1) is 5.95 Å². The van der Waals surface area contributed by atoms with E-state index < -0.39 is 5.60 Å². The maximum atomic E-state index is 11.9. The van der Waals surface area contributed by atoms with Crippen LogP contribution in [0.4, 0.5) is 0 Å². The van der Waals surface area contributed by atoms with Gasteiger partial charge in [-0.15, -0.1) is 0 Å². The van der Waals surface area contributed by atoms with Gasteiger partial charge in [0.15, 0.2) is 0 Å². The van der Waals surface area contributed by atoms with E-state index in [-0.39, 0.29) is 23.0 Å². The Morgan fingerprint density at radius 1 is 1.03 bits per heavy atom. The Kier molecular flexibility index (Phi) is 10.5. The zero-order valence-corrected chi connectivity index (χ0v) is 19.5. The number of benzene rings is 1. The summed E-state index contributed by atoms with van der Waals surface area (Å²) in [6.45, 7) is 6.42. The van der Waals surface area contributed by atoms with Gasteiger partial charge in [0.2, 0.25) is 0 Å². The number of ether oxygens (including phenoxy) is 1. The Bertz CT molecular complexity index is 850. The van der Waals surface area contributed by atoms with E-state index in [9.17, 15) is 5.11 Å². The minimum absolute atomic E-state index is 0. The number of likely N-dealkylation sites (N-methyl/N-ethyl adjacent to an activating group) is 1. The second kappa shape index (κ2) is 12.3. The first kappa shape index (κ1) is 25.6. The average Bonchev–Trinajstić information content (AvgIpc) is 3.32. The molecule has 0 N–H and O–H groups in total. The zero-order chi connectivity index (χ0) is 21.3. The van der Waals surface area contributed by atoms with Crippen LogP contribution in [0.5, 0.6) is 0 Å². The molecule has 3 nitrogen and oxygen atoms in total. The van der Waals surface area contributed by atoms with Crippen LogP contribution in [0.15, 0.2) is 102 Å². The van der Waals surface area contributed by atoms with Gasteiger partial charge in [0, 0.05) is 12.1 Å². The fraction of sp³-hybridized carbons (Fsp3) is 0.269. The van der Waals surface area contributed by atoms with E-state index in [4.69, 9.17) is 4.74 Å². The van der Waals surface area contributed by atoms with Crippen LogP contribution in [-0.4, -0.2) is 31.1 Å². The van der Waals surface area contributed by atoms with Crippen LogP contribution in [0, 0.1) is 0 Å². The van der Waals surface area contributed by atoms with Crippen LogP contribution < -0.4 is 5.11 Å². The molecule has 0 unspecified atom stereocenters. The standard InChI is InChI=1S/C21H27NO2.C5H5.Fe/c1-21(2,3)24-20(23)12-11-17-13-18(14-19(17)15-22(4)5)16-9-7-6-8-10-16;1-2-4-5-3-1;/h6-14,23H,15H2,1-5H3;1-5H;/q;-1;+2/p-1/b17-11-,20-12-;;. The van der Waals surface area contributed by atoms with Crippen molar-refractivity contribution < 1.29 is 26.9 Å². The summed E-state index contributed by atoms with van der Waals surface area (Å²) >= 11 is 0. The summed E-state index contributed by atoms with van der Waals surface area (Å²) in [5, 5.41) is 11.9. The van der Waals surface area contributed by atoms with Crippen molar-refractivity contribution in [3.05, 3.63) is 108 Å². The van der Waals surface area contributed by atoms with E-state index in [1.54, 1.807) is 0 Å².